The van der Waals surface area contributed by atoms with Crippen LogP contribution in [0.3, 0.4) is 0 Å². The smallest absolute Gasteiger partial charge is 0.296 e. The maximum Gasteiger partial charge on any atom is 0.296 e. The number of rotatable bonds is 7. The van der Waals surface area contributed by atoms with Crippen molar-refractivity contribution >= 4 is 17.4 Å². The Bertz CT molecular complexity index is 1210. The number of nitrogens with zero attached hydrogens (tertiary/aromatic N) is 1. The highest BCUT2D eigenvalue weighted by atomic mass is 16.5. The predicted molar refractivity (Wildman–Crippen MR) is 119 cm³/mol. The second-order valence-corrected chi connectivity index (χ2v) is 7.40. The van der Waals surface area contributed by atoms with Crippen molar-refractivity contribution in [2.75, 3.05) is 13.7 Å². The topological polar surface area (TPSA) is 109 Å². The van der Waals surface area contributed by atoms with E-state index in [1.54, 1.807) is 55.5 Å². The molecule has 0 aliphatic carbocycles. The average molecular weight is 449 g/mol. The molecular weight excluding hydrogens is 426 g/mol. The molecule has 2 N–H and O–H groups in total. The van der Waals surface area contributed by atoms with E-state index < -0.39 is 17.7 Å². The fraction of sp³-hybridized carbons (Fsp3) is 0.200. The molecule has 1 saturated heterocycles. The van der Waals surface area contributed by atoms with Crippen LogP contribution in [0.15, 0.2) is 70.9 Å². The Labute approximate surface area is 190 Å². The second kappa shape index (κ2) is 9.12. The van der Waals surface area contributed by atoms with Crippen LogP contribution in [0.5, 0.6) is 17.2 Å². The van der Waals surface area contributed by atoms with Crippen molar-refractivity contribution in [3.63, 3.8) is 0 Å². The highest BCUT2D eigenvalue weighted by molar-refractivity contribution is 6.46. The van der Waals surface area contributed by atoms with E-state index in [9.17, 15) is 19.8 Å². The van der Waals surface area contributed by atoms with Crippen LogP contribution in [0, 0.1) is 0 Å². The summed E-state index contributed by atoms with van der Waals surface area (Å²) in [6.07, 6.45) is 1.48. The highest BCUT2D eigenvalue weighted by Crippen LogP contribution is 2.42. The molecule has 33 heavy (non-hydrogen) atoms. The molecule has 0 radical (unpaired) electrons. The van der Waals surface area contributed by atoms with Crippen LogP contribution in [0.4, 0.5) is 0 Å². The molecule has 1 amide bonds. The van der Waals surface area contributed by atoms with Crippen LogP contribution in [0.1, 0.15) is 29.9 Å². The van der Waals surface area contributed by atoms with E-state index in [4.69, 9.17) is 13.9 Å². The molecule has 1 fully saturated rings. The number of phenols is 1. The standard InChI is InChI=1S/C25H23NO7/c1-3-32-20-13-15(9-10-19(20)27)22-21(23(28)16-6-4-7-17(12-16)31-2)24(29)25(30)26(22)14-18-8-5-11-33-18/h4-13,22,27-28H,3,14H2,1-2H3. The van der Waals surface area contributed by atoms with Crippen molar-refractivity contribution < 1.29 is 33.7 Å². The third-order valence-electron chi connectivity index (χ3n) is 5.39. The molecule has 170 valence electrons. The highest BCUT2D eigenvalue weighted by Gasteiger charge is 2.46. The first-order valence-electron chi connectivity index (χ1n) is 10.4. The third-order valence-corrected chi connectivity index (χ3v) is 5.39. The molecular formula is C25H23NO7. The molecule has 4 rings (SSSR count). The predicted octanol–water partition coefficient (Wildman–Crippen LogP) is 4.01. The Morgan fingerprint density at radius 1 is 1.12 bits per heavy atom. The van der Waals surface area contributed by atoms with Gasteiger partial charge in [-0.1, -0.05) is 18.2 Å². The van der Waals surface area contributed by atoms with Crippen LogP contribution in [-0.4, -0.2) is 40.5 Å². The molecule has 0 spiro atoms. The van der Waals surface area contributed by atoms with Crippen molar-refractivity contribution in [3.8, 4) is 17.2 Å². The summed E-state index contributed by atoms with van der Waals surface area (Å²) >= 11 is 0. The third kappa shape index (κ3) is 4.15. The normalized spacial score (nSPS) is 17.4. The zero-order valence-electron chi connectivity index (χ0n) is 18.1. The molecule has 8 heteroatoms. The van der Waals surface area contributed by atoms with Gasteiger partial charge >= 0.3 is 0 Å². The van der Waals surface area contributed by atoms with Gasteiger partial charge in [-0.2, -0.15) is 0 Å². The van der Waals surface area contributed by atoms with Crippen LogP contribution < -0.4 is 9.47 Å². The lowest BCUT2D eigenvalue weighted by Gasteiger charge is -2.25. The van der Waals surface area contributed by atoms with Gasteiger partial charge in [0.1, 0.15) is 17.3 Å². The molecule has 0 saturated carbocycles. The first-order chi connectivity index (χ1) is 15.9. The number of amides is 1. The van der Waals surface area contributed by atoms with Crippen LogP contribution >= 0.6 is 0 Å². The summed E-state index contributed by atoms with van der Waals surface area (Å²) in [6, 6.07) is 13.6. The van der Waals surface area contributed by atoms with Gasteiger partial charge in [-0.05, 0) is 48.9 Å². The first-order valence-corrected chi connectivity index (χ1v) is 10.4. The molecule has 2 heterocycles. The second-order valence-electron chi connectivity index (χ2n) is 7.40. The van der Waals surface area contributed by atoms with E-state index in [2.05, 4.69) is 0 Å². The Balaban J connectivity index is 1.89. The quantitative estimate of drug-likeness (QED) is 0.319. The number of aromatic hydroxyl groups is 1. The van der Waals surface area contributed by atoms with E-state index in [1.165, 1.54) is 24.3 Å². The van der Waals surface area contributed by atoms with E-state index in [0.717, 1.165) is 0 Å². The molecule has 1 aromatic heterocycles. The number of carbonyl (C=O) groups excluding carboxylic acids is 2. The largest absolute Gasteiger partial charge is 0.507 e. The number of hydrogen-bond acceptors (Lipinski definition) is 7. The van der Waals surface area contributed by atoms with Gasteiger partial charge in [0, 0.05) is 5.56 Å². The summed E-state index contributed by atoms with van der Waals surface area (Å²) in [6.45, 7) is 2.10. The van der Waals surface area contributed by atoms with Gasteiger partial charge in [0.25, 0.3) is 11.7 Å². The minimum absolute atomic E-state index is 0.0158. The lowest BCUT2D eigenvalue weighted by molar-refractivity contribution is -0.140. The maximum absolute atomic E-state index is 13.1. The molecule has 8 nitrogen and oxygen atoms in total. The molecule has 1 unspecified atom stereocenters. The van der Waals surface area contributed by atoms with Crippen LogP contribution in [-0.2, 0) is 16.1 Å². The van der Waals surface area contributed by atoms with E-state index in [-0.39, 0.29) is 29.4 Å². The Morgan fingerprint density at radius 2 is 1.94 bits per heavy atom. The van der Waals surface area contributed by atoms with Gasteiger partial charge in [-0.3, -0.25) is 9.59 Å². The summed E-state index contributed by atoms with van der Waals surface area (Å²) in [7, 11) is 1.49. The summed E-state index contributed by atoms with van der Waals surface area (Å²) in [4.78, 5) is 27.5. The number of ether oxygens (including phenoxy) is 2. The van der Waals surface area contributed by atoms with Gasteiger partial charge in [0.15, 0.2) is 11.5 Å². The van der Waals surface area contributed by atoms with E-state index >= 15 is 0 Å². The Kier molecular flexibility index (Phi) is 6.08. The Hall–Kier alpha value is -4.20. The van der Waals surface area contributed by atoms with Gasteiger partial charge in [-0.25, -0.2) is 0 Å². The van der Waals surface area contributed by atoms with E-state index in [1.807, 2.05) is 0 Å². The van der Waals surface area contributed by atoms with Gasteiger partial charge in [0.2, 0.25) is 0 Å². The monoisotopic (exact) mass is 449 g/mol. The fourth-order valence-electron chi connectivity index (χ4n) is 3.86. The van der Waals surface area contributed by atoms with Gasteiger partial charge < -0.3 is 29.0 Å². The summed E-state index contributed by atoms with van der Waals surface area (Å²) < 4.78 is 16.1. The van der Waals surface area contributed by atoms with Crippen LogP contribution in [0.2, 0.25) is 0 Å². The molecule has 0 bridgehead atoms. The maximum atomic E-state index is 13.1. The lowest BCUT2D eigenvalue weighted by atomic mass is 9.95. The fourth-order valence-corrected chi connectivity index (χ4v) is 3.86. The summed E-state index contributed by atoms with van der Waals surface area (Å²) in [5, 5.41) is 21.3. The number of furan rings is 1. The summed E-state index contributed by atoms with van der Waals surface area (Å²) in [5.74, 6) is -0.817. The molecule has 1 atom stereocenters. The zero-order chi connectivity index (χ0) is 23.5. The lowest BCUT2D eigenvalue weighted by Crippen LogP contribution is -2.29. The number of ketones is 1. The molecule has 1 aliphatic rings. The van der Waals surface area contributed by atoms with Crippen LogP contribution in [0.25, 0.3) is 5.76 Å². The van der Waals surface area contributed by atoms with Crippen molar-refractivity contribution in [2.24, 2.45) is 0 Å². The number of aliphatic hydroxyl groups excluding tert-OH is 1. The number of methoxy groups -OCH3 is 1. The summed E-state index contributed by atoms with van der Waals surface area (Å²) in [5.41, 5.74) is 0.749. The average Bonchev–Trinajstić information content (AvgIpc) is 3.43. The SMILES string of the molecule is CCOc1cc(C2C(=C(O)c3cccc(OC)c3)C(=O)C(=O)N2Cc2ccco2)ccc1O. The number of likely N-dealkylation sites (tertiary alicyclic amines) is 1. The van der Waals surface area contributed by atoms with Crippen molar-refractivity contribution in [2.45, 2.75) is 19.5 Å². The first kappa shape index (κ1) is 22.0. The minimum atomic E-state index is -0.930. The van der Waals surface area contributed by atoms with Gasteiger partial charge in [0.05, 0.1) is 38.1 Å². The zero-order valence-corrected chi connectivity index (χ0v) is 18.1. The number of carbonyl (C=O) groups is 2. The number of Topliss-reactive ketones (excluding diaryl/α,β-unsaturated/α-hetero) is 1. The van der Waals surface area contributed by atoms with Crippen molar-refractivity contribution in [3.05, 3.63) is 83.3 Å². The minimum Gasteiger partial charge on any atom is -0.507 e. The number of benzene rings is 2. The number of hydrogen-bond donors (Lipinski definition) is 2. The number of phenolic OH excluding ortho intramolecular Hbond substituents is 1. The van der Waals surface area contributed by atoms with Gasteiger partial charge in [-0.15, -0.1) is 0 Å². The van der Waals surface area contributed by atoms with Crippen molar-refractivity contribution in [1.82, 2.24) is 4.90 Å². The molecule has 2 aromatic carbocycles. The molecule has 3 aromatic rings. The molecule has 1 aliphatic heterocycles. The van der Waals surface area contributed by atoms with E-state index in [0.29, 0.717) is 29.2 Å². The Morgan fingerprint density at radius 3 is 2.64 bits per heavy atom. The number of aliphatic hydroxyl groups is 1. The van der Waals surface area contributed by atoms with Crippen molar-refractivity contribution in [1.29, 1.82) is 0 Å².